The van der Waals surface area contributed by atoms with Crippen LogP contribution in [0.4, 0.5) is 0 Å². The van der Waals surface area contributed by atoms with E-state index in [9.17, 15) is 14.7 Å². The van der Waals surface area contributed by atoms with E-state index in [-0.39, 0.29) is 17.9 Å². The molecule has 0 heterocycles. The molecular formula is C22H33NO4. The predicted molar refractivity (Wildman–Crippen MR) is 106 cm³/mol. The normalized spacial score (nSPS) is 21.4. The first-order valence-corrected chi connectivity index (χ1v) is 9.97. The number of hydrogen-bond acceptors (Lipinski definition) is 4. The first-order chi connectivity index (χ1) is 12.7. The molecule has 0 radical (unpaired) electrons. The van der Waals surface area contributed by atoms with E-state index < -0.39 is 17.6 Å². The van der Waals surface area contributed by atoms with E-state index in [1.165, 1.54) is 0 Å². The Hall–Kier alpha value is -1.88. The number of nitrogens with one attached hydrogen (secondary N) is 1. The average Bonchev–Trinajstić information content (AvgIpc) is 2.58. The van der Waals surface area contributed by atoms with E-state index in [1.54, 1.807) is 0 Å². The van der Waals surface area contributed by atoms with Crippen molar-refractivity contribution in [3.63, 3.8) is 0 Å². The summed E-state index contributed by atoms with van der Waals surface area (Å²) >= 11 is 0. The summed E-state index contributed by atoms with van der Waals surface area (Å²) in [5.74, 6) is -0.707. The quantitative estimate of drug-likeness (QED) is 0.673. The van der Waals surface area contributed by atoms with Crippen molar-refractivity contribution in [2.24, 2.45) is 5.92 Å². The molecular weight excluding hydrogens is 342 g/mol. The maximum absolute atomic E-state index is 12.1. The monoisotopic (exact) mass is 375 g/mol. The molecule has 1 fully saturated rings. The molecule has 0 spiro atoms. The third-order valence-corrected chi connectivity index (χ3v) is 4.96. The molecule has 1 aliphatic carbocycles. The Morgan fingerprint density at radius 3 is 2.56 bits per heavy atom. The first-order valence-electron chi connectivity index (χ1n) is 9.97. The third-order valence-electron chi connectivity index (χ3n) is 4.96. The Bertz CT molecular complexity index is 608. The highest BCUT2D eigenvalue weighted by molar-refractivity contribution is 5.73. The van der Waals surface area contributed by atoms with Gasteiger partial charge in [0.15, 0.2) is 0 Å². The van der Waals surface area contributed by atoms with Crippen LogP contribution < -0.4 is 5.32 Å². The second kappa shape index (κ2) is 9.88. The van der Waals surface area contributed by atoms with E-state index in [1.807, 2.05) is 51.1 Å². The van der Waals surface area contributed by atoms with Crippen LogP contribution in [-0.4, -0.2) is 34.7 Å². The summed E-state index contributed by atoms with van der Waals surface area (Å²) in [6, 6.07) is 9.54. The van der Waals surface area contributed by atoms with Crippen LogP contribution in [0, 0.1) is 5.92 Å². The molecule has 3 unspecified atom stereocenters. The van der Waals surface area contributed by atoms with Gasteiger partial charge in [0, 0.05) is 12.5 Å². The molecule has 0 amide bonds. The maximum Gasteiger partial charge on any atom is 0.320 e. The molecule has 1 aliphatic rings. The number of carboxylic acid groups (broad SMARTS) is 1. The van der Waals surface area contributed by atoms with Crippen molar-refractivity contribution < 1.29 is 19.4 Å². The van der Waals surface area contributed by atoms with Crippen molar-refractivity contribution in [1.82, 2.24) is 5.32 Å². The number of hydrogen-bond donors (Lipinski definition) is 2. The molecule has 5 nitrogen and oxygen atoms in total. The maximum atomic E-state index is 12.1. The van der Waals surface area contributed by atoms with Gasteiger partial charge in [-0.1, -0.05) is 36.8 Å². The van der Waals surface area contributed by atoms with Crippen LogP contribution in [0.25, 0.3) is 0 Å². The van der Waals surface area contributed by atoms with E-state index in [0.717, 1.165) is 37.7 Å². The van der Waals surface area contributed by atoms with Gasteiger partial charge in [0.2, 0.25) is 0 Å². The Balaban J connectivity index is 1.84. The van der Waals surface area contributed by atoms with Crippen LogP contribution in [0.2, 0.25) is 0 Å². The smallest absolute Gasteiger partial charge is 0.320 e. The van der Waals surface area contributed by atoms with Gasteiger partial charge < -0.3 is 15.2 Å². The lowest BCUT2D eigenvalue weighted by Gasteiger charge is -2.32. The second-order valence-electron chi connectivity index (χ2n) is 8.60. The second-order valence-corrected chi connectivity index (χ2v) is 8.60. The predicted octanol–water partition coefficient (Wildman–Crippen LogP) is 3.95. The van der Waals surface area contributed by atoms with E-state index in [2.05, 4.69) is 5.32 Å². The number of carbonyl (C=O) groups excluding carboxylic acids is 1. The number of benzene rings is 1. The number of aliphatic carboxylic acids is 1. The molecule has 0 aromatic heterocycles. The van der Waals surface area contributed by atoms with Crippen molar-refractivity contribution in [3.05, 3.63) is 35.9 Å². The lowest BCUT2D eigenvalue weighted by atomic mass is 9.83. The molecule has 2 rings (SSSR count). The topological polar surface area (TPSA) is 75.6 Å². The van der Waals surface area contributed by atoms with E-state index >= 15 is 0 Å². The van der Waals surface area contributed by atoms with Crippen molar-refractivity contribution in [2.75, 3.05) is 0 Å². The minimum Gasteiger partial charge on any atom is -0.480 e. The van der Waals surface area contributed by atoms with Crippen molar-refractivity contribution in [2.45, 2.75) is 83.4 Å². The standard InChI is InChI=1S/C22H33NO4/c1-22(2,3)27-20(24)15-17-10-7-11-18(14-17)23-19(21(25)26)13-12-16-8-5-4-6-9-16/h4-6,8-9,17-19,23H,7,10-15H2,1-3H3,(H,25,26). The Morgan fingerprint density at radius 2 is 1.93 bits per heavy atom. The lowest BCUT2D eigenvalue weighted by molar-refractivity contribution is -0.156. The average molecular weight is 376 g/mol. The summed E-state index contributed by atoms with van der Waals surface area (Å²) in [4.78, 5) is 23.8. The fraction of sp³-hybridized carbons (Fsp3) is 0.636. The van der Waals surface area contributed by atoms with Crippen LogP contribution in [-0.2, 0) is 20.7 Å². The van der Waals surface area contributed by atoms with Gasteiger partial charge in [-0.05, 0) is 64.4 Å². The van der Waals surface area contributed by atoms with Crippen LogP contribution in [0.1, 0.15) is 64.9 Å². The number of carboxylic acids is 1. The highest BCUT2D eigenvalue weighted by atomic mass is 16.6. The summed E-state index contributed by atoms with van der Waals surface area (Å²) in [7, 11) is 0. The highest BCUT2D eigenvalue weighted by Gasteiger charge is 2.29. The molecule has 1 aromatic carbocycles. The van der Waals surface area contributed by atoms with Crippen LogP contribution >= 0.6 is 0 Å². The lowest BCUT2D eigenvalue weighted by Crippen LogP contribution is -2.45. The molecule has 150 valence electrons. The third kappa shape index (κ3) is 8.12. The molecule has 0 aliphatic heterocycles. The number of aryl methyl sites for hydroxylation is 1. The van der Waals surface area contributed by atoms with Crippen molar-refractivity contribution in [1.29, 1.82) is 0 Å². The molecule has 5 heteroatoms. The summed E-state index contributed by atoms with van der Waals surface area (Å²) in [5.41, 5.74) is 0.687. The van der Waals surface area contributed by atoms with Crippen molar-refractivity contribution in [3.8, 4) is 0 Å². The van der Waals surface area contributed by atoms with Gasteiger partial charge in [-0.25, -0.2) is 0 Å². The molecule has 1 aromatic rings. The number of carbonyl (C=O) groups is 2. The summed E-state index contributed by atoms with van der Waals surface area (Å²) in [6.45, 7) is 5.63. The van der Waals surface area contributed by atoms with Gasteiger partial charge >= 0.3 is 11.9 Å². The highest BCUT2D eigenvalue weighted by Crippen LogP contribution is 2.28. The Labute approximate surface area is 162 Å². The van der Waals surface area contributed by atoms with Gasteiger partial charge in [0.25, 0.3) is 0 Å². The van der Waals surface area contributed by atoms with Gasteiger partial charge in [-0.2, -0.15) is 0 Å². The van der Waals surface area contributed by atoms with Crippen molar-refractivity contribution >= 4 is 11.9 Å². The SMILES string of the molecule is CC(C)(C)OC(=O)CC1CCCC(NC(CCc2ccccc2)C(=O)O)C1. The molecule has 0 saturated heterocycles. The number of rotatable bonds is 8. The van der Waals surface area contributed by atoms with E-state index in [0.29, 0.717) is 12.8 Å². The Morgan fingerprint density at radius 1 is 1.22 bits per heavy atom. The Kier molecular flexibility index (Phi) is 7.84. The van der Waals surface area contributed by atoms with Crippen LogP contribution in [0.3, 0.4) is 0 Å². The van der Waals surface area contributed by atoms with Gasteiger partial charge in [-0.15, -0.1) is 0 Å². The van der Waals surface area contributed by atoms with E-state index in [4.69, 9.17) is 4.74 Å². The molecule has 27 heavy (non-hydrogen) atoms. The molecule has 2 N–H and O–H groups in total. The first kappa shape index (κ1) is 21.4. The minimum atomic E-state index is -0.805. The molecule has 0 bridgehead atoms. The fourth-order valence-electron chi connectivity index (χ4n) is 3.76. The summed E-state index contributed by atoms with van der Waals surface area (Å²) in [5, 5.41) is 12.9. The zero-order valence-corrected chi connectivity index (χ0v) is 16.7. The minimum absolute atomic E-state index is 0.142. The zero-order chi connectivity index (χ0) is 19.9. The van der Waals surface area contributed by atoms with Crippen LogP contribution in [0.15, 0.2) is 30.3 Å². The number of esters is 1. The number of ether oxygens (including phenoxy) is 1. The fourth-order valence-corrected chi connectivity index (χ4v) is 3.76. The molecule has 3 atom stereocenters. The summed E-state index contributed by atoms with van der Waals surface area (Å²) < 4.78 is 5.43. The molecule has 1 saturated carbocycles. The van der Waals surface area contributed by atoms with Gasteiger partial charge in [0.1, 0.15) is 11.6 Å². The summed E-state index contributed by atoms with van der Waals surface area (Å²) in [6.07, 6.45) is 5.51. The van der Waals surface area contributed by atoms with Gasteiger partial charge in [0.05, 0.1) is 0 Å². The van der Waals surface area contributed by atoms with Gasteiger partial charge in [-0.3, -0.25) is 9.59 Å². The zero-order valence-electron chi connectivity index (χ0n) is 16.7. The largest absolute Gasteiger partial charge is 0.480 e. The van der Waals surface area contributed by atoms with Crippen LogP contribution in [0.5, 0.6) is 0 Å².